The van der Waals surface area contributed by atoms with E-state index in [-0.39, 0.29) is 12.5 Å². The topological polar surface area (TPSA) is 85.9 Å². The monoisotopic (exact) mass is 402 g/mol. The molecule has 7 nitrogen and oxygen atoms in total. The summed E-state index contributed by atoms with van der Waals surface area (Å²) < 4.78 is 16.1. The van der Waals surface area contributed by atoms with E-state index in [9.17, 15) is 9.59 Å². The Bertz CT molecular complexity index is 895. The van der Waals surface area contributed by atoms with Crippen LogP contribution in [0, 0.1) is 5.92 Å². The zero-order chi connectivity index (χ0) is 19.7. The van der Waals surface area contributed by atoms with Crippen LogP contribution in [-0.4, -0.2) is 30.8 Å². The van der Waals surface area contributed by atoms with Crippen LogP contribution in [0.25, 0.3) is 0 Å². The van der Waals surface area contributed by atoms with Crippen LogP contribution < -0.4 is 10.9 Å². The third kappa shape index (κ3) is 3.11. The van der Waals surface area contributed by atoms with E-state index in [4.69, 9.17) is 25.8 Å². The van der Waals surface area contributed by atoms with Gasteiger partial charge in [0, 0.05) is 11.0 Å². The molecule has 0 unspecified atom stereocenters. The van der Waals surface area contributed by atoms with Gasteiger partial charge in [-0.25, -0.2) is 20.4 Å². The van der Waals surface area contributed by atoms with Crippen LogP contribution in [-0.2, 0) is 30.4 Å². The average molecular weight is 403 g/mol. The number of ether oxygens (including phenoxy) is 3. The number of rotatable bonds is 4. The Labute approximate surface area is 166 Å². The summed E-state index contributed by atoms with van der Waals surface area (Å²) in [5.74, 6) is -1.07. The van der Waals surface area contributed by atoms with Gasteiger partial charge in [-0.15, -0.1) is 0 Å². The van der Waals surface area contributed by atoms with Crippen LogP contribution in [0.15, 0.2) is 64.9 Å². The number of hydrogen-bond acceptors (Lipinski definition) is 7. The second kappa shape index (κ2) is 7.43. The third-order valence-corrected chi connectivity index (χ3v) is 5.32. The lowest BCUT2D eigenvalue weighted by molar-refractivity contribution is -0.171. The van der Waals surface area contributed by atoms with Crippen LogP contribution in [0.2, 0.25) is 0 Å². The maximum Gasteiger partial charge on any atom is 0.364 e. The van der Waals surface area contributed by atoms with Crippen LogP contribution >= 0.6 is 11.6 Å². The summed E-state index contributed by atoms with van der Waals surface area (Å²) in [6.07, 6.45) is 4.76. The molecular formula is C20H19ClN2O5. The van der Waals surface area contributed by atoms with Gasteiger partial charge in [-0.2, -0.15) is 0 Å². The molecule has 2 aliphatic carbocycles. The van der Waals surface area contributed by atoms with Crippen molar-refractivity contribution in [1.82, 2.24) is 10.9 Å². The predicted octanol–water partition coefficient (Wildman–Crippen LogP) is 2.06. The molecule has 0 amide bonds. The fraction of sp³-hybridized carbons (Fsp3) is 0.300. The molecule has 0 bridgehead atoms. The number of hydrazine groups is 1. The molecular weight excluding hydrogens is 384 g/mol. The van der Waals surface area contributed by atoms with Gasteiger partial charge < -0.3 is 14.2 Å². The number of esters is 2. The Hall–Kier alpha value is -2.61. The summed E-state index contributed by atoms with van der Waals surface area (Å²) in [6.45, 7) is 0.121. The molecule has 2 N–H and O–H groups in total. The van der Waals surface area contributed by atoms with E-state index in [1.54, 1.807) is 12.2 Å². The second-order valence-corrected chi connectivity index (χ2v) is 7.13. The quantitative estimate of drug-likeness (QED) is 0.745. The van der Waals surface area contributed by atoms with Crippen LogP contribution in [0.1, 0.15) is 12.0 Å². The first-order valence-corrected chi connectivity index (χ1v) is 9.20. The second-order valence-electron chi connectivity index (χ2n) is 6.69. The lowest BCUT2D eigenvalue weighted by Crippen LogP contribution is -2.69. The van der Waals surface area contributed by atoms with Crippen LogP contribution in [0.4, 0.5) is 0 Å². The lowest BCUT2D eigenvalue weighted by Gasteiger charge is -2.41. The smallest absolute Gasteiger partial charge is 0.364 e. The zero-order valence-electron chi connectivity index (χ0n) is 15.1. The molecule has 1 aliphatic heterocycles. The fourth-order valence-corrected chi connectivity index (χ4v) is 3.88. The molecule has 4 rings (SSSR count). The summed E-state index contributed by atoms with van der Waals surface area (Å²) in [6, 6.07) is 9.33. The van der Waals surface area contributed by atoms with Crippen LogP contribution in [0.3, 0.4) is 0 Å². The van der Waals surface area contributed by atoms with Gasteiger partial charge in [0.25, 0.3) is 6.23 Å². The molecule has 1 aromatic rings. The molecule has 8 heteroatoms. The minimum absolute atomic E-state index is 0.121. The van der Waals surface area contributed by atoms with E-state index in [1.807, 2.05) is 36.4 Å². The number of benzene rings is 1. The highest BCUT2D eigenvalue weighted by atomic mass is 35.5. The molecule has 0 saturated carbocycles. The highest BCUT2D eigenvalue weighted by Gasteiger charge is 2.59. The number of hydrogen-bond donors (Lipinski definition) is 2. The number of nitrogens with one attached hydrogen (secondary N) is 2. The maximum atomic E-state index is 12.7. The first-order chi connectivity index (χ1) is 13.5. The molecule has 3 aliphatic rings. The molecule has 0 aromatic heterocycles. The molecule has 1 saturated heterocycles. The summed E-state index contributed by atoms with van der Waals surface area (Å²) in [4.78, 5) is 25.1. The van der Waals surface area contributed by atoms with Gasteiger partial charge in [-0.05, 0) is 29.7 Å². The summed E-state index contributed by atoms with van der Waals surface area (Å²) in [5.41, 5.74) is 6.15. The first kappa shape index (κ1) is 18.7. The lowest BCUT2D eigenvalue weighted by atomic mass is 9.79. The van der Waals surface area contributed by atoms with E-state index >= 15 is 0 Å². The van der Waals surface area contributed by atoms with Crippen molar-refractivity contribution < 1.29 is 23.8 Å². The van der Waals surface area contributed by atoms with Crippen molar-refractivity contribution in [1.29, 1.82) is 0 Å². The van der Waals surface area contributed by atoms with Gasteiger partial charge in [0.05, 0.1) is 7.11 Å². The van der Waals surface area contributed by atoms with Crippen molar-refractivity contribution in [2.45, 2.75) is 24.8 Å². The Balaban J connectivity index is 1.52. The number of halogens is 1. The molecule has 1 fully saturated rings. The van der Waals surface area contributed by atoms with E-state index < -0.39 is 23.7 Å². The van der Waals surface area contributed by atoms with E-state index in [0.29, 0.717) is 17.2 Å². The van der Waals surface area contributed by atoms with Gasteiger partial charge in [0.15, 0.2) is 5.54 Å². The highest BCUT2D eigenvalue weighted by Crippen LogP contribution is 2.47. The number of allylic oxidation sites excluding steroid dienone is 4. The average Bonchev–Trinajstić information content (AvgIpc) is 3.05. The molecule has 1 heterocycles. The fourth-order valence-electron chi connectivity index (χ4n) is 3.67. The molecule has 1 aromatic carbocycles. The molecule has 146 valence electrons. The number of carbonyl (C=O) groups is 2. The van der Waals surface area contributed by atoms with Gasteiger partial charge in [-0.3, -0.25) is 0 Å². The standard InChI is InChI=1S/C20H19ClN2O5/c1-26-19(25)20-15-8-7-14(21)9-13(15)10-16(20)28-17(22-23-20)18(24)27-11-12-5-3-2-4-6-12/h2-7,9-10,15,17,22-23H,8,11H2,1H3/t15-,17+,20+/m1/s1. The summed E-state index contributed by atoms with van der Waals surface area (Å²) >= 11 is 6.11. The van der Waals surface area contributed by atoms with Crippen molar-refractivity contribution in [3.63, 3.8) is 0 Å². The molecule has 28 heavy (non-hydrogen) atoms. The van der Waals surface area contributed by atoms with Crippen molar-refractivity contribution in [3.8, 4) is 0 Å². The van der Waals surface area contributed by atoms with Gasteiger partial charge in [0.1, 0.15) is 12.4 Å². The maximum absolute atomic E-state index is 12.7. The molecule has 0 spiro atoms. The highest BCUT2D eigenvalue weighted by molar-refractivity contribution is 6.31. The van der Waals surface area contributed by atoms with E-state index in [2.05, 4.69) is 10.9 Å². The van der Waals surface area contributed by atoms with E-state index in [0.717, 1.165) is 11.1 Å². The van der Waals surface area contributed by atoms with Crippen molar-refractivity contribution in [3.05, 3.63) is 70.5 Å². The summed E-state index contributed by atoms with van der Waals surface area (Å²) in [5, 5.41) is 0.591. The Morgan fingerprint density at radius 3 is 2.82 bits per heavy atom. The normalized spacial score (nSPS) is 28.0. The van der Waals surface area contributed by atoms with Gasteiger partial charge in [-0.1, -0.05) is 48.0 Å². The number of carbonyl (C=O) groups excluding carboxylic acids is 2. The van der Waals surface area contributed by atoms with Crippen molar-refractivity contribution >= 4 is 23.5 Å². The van der Waals surface area contributed by atoms with Crippen LogP contribution in [0.5, 0.6) is 0 Å². The van der Waals surface area contributed by atoms with Crippen molar-refractivity contribution in [2.24, 2.45) is 5.92 Å². The Morgan fingerprint density at radius 2 is 2.07 bits per heavy atom. The first-order valence-electron chi connectivity index (χ1n) is 8.82. The minimum atomic E-state index is -1.26. The SMILES string of the molecule is COC(=O)[C@@]12NN[C@H](C(=O)OCc3ccccc3)OC1=CC1=CC(Cl)=CC[C@H]12. The predicted molar refractivity (Wildman–Crippen MR) is 100 cm³/mol. The van der Waals surface area contributed by atoms with Gasteiger partial charge >= 0.3 is 11.9 Å². The third-order valence-electron chi connectivity index (χ3n) is 5.06. The number of fused-ring (bicyclic) bond motifs is 3. The molecule has 3 atom stereocenters. The van der Waals surface area contributed by atoms with Gasteiger partial charge in [0.2, 0.25) is 0 Å². The zero-order valence-corrected chi connectivity index (χ0v) is 15.9. The molecule has 0 radical (unpaired) electrons. The Kier molecular flexibility index (Phi) is 4.97. The minimum Gasteiger partial charge on any atom is -0.467 e. The Morgan fingerprint density at radius 1 is 1.29 bits per heavy atom. The van der Waals surface area contributed by atoms with E-state index in [1.165, 1.54) is 7.11 Å². The number of methoxy groups -OCH3 is 1. The largest absolute Gasteiger partial charge is 0.467 e. The summed E-state index contributed by atoms with van der Waals surface area (Å²) in [7, 11) is 1.31. The van der Waals surface area contributed by atoms with Crippen molar-refractivity contribution in [2.75, 3.05) is 7.11 Å².